The van der Waals surface area contributed by atoms with Crippen LogP contribution in [0.25, 0.3) is 21.8 Å². The zero-order chi connectivity index (χ0) is 18.6. The normalized spacial score (nSPS) is 11.1. The third kappa shape index (κ3) is 3.86. The summed E-state index contributed by atoms with van der Waals surface area (Å²) in [7, 11) is 0. The van der Waals surface area contributed by atoms with Crippen LogP contribution < -0.4 is 0 Å². The molecule has 3 aromatic carbocycles. The summed E-state index contributed by atoms with van der Waals surface area (Å²) in [4.78, 5) is 17.0. The Labute approximate surface area is 162 Å². The number of benzene rings is 3. The molecule has 0 fully saturated rings. The van der Waals surface area contributed by atoms with Gasteiger partial charge in [-0.2, -0.15) is 0 Å². The van der Waals surface area contributed by atoms with Crippen LogP contribution in [0.2, 0.25) is 0 Å². The Bertz CT molecular complexity index is 1090. The van der Waals surface area contributed by atoms with E-state index in [4.69, 9.17) is 4.74 Å². The van der Waals surface area contributed by atoms with Crippen molar-refractivity contribution in [1.29, 1.82) is 0 Å². The van der Waals surface area contributed by atoms with Gasteiger partial charge in [0.1, 0.15) is 6.61 Å². The molecule has 27 heavy (non-hydrogen) atoms. The average Bonchev–Trinajstić information content (AvgIpc) is 3.06. The highest BCUT2D eigenvalue weighted by atomic mass is 32.2. The zero-order valence-electron chi connectivity index (χ0n) is 15.2. The highest BCUT2D eigenvalue weighted by Crippen LogP contribution is 2.35. The second-order valence-corrected chi connectivity index (χ2v) is 7.75. The van der Waals surface area contributed by atoms with E-state index >= 15 is 0 Å². The molecule has 0 atom stereocenters. The Kier molecular flexibility index (Phi) is 5.16. The Morgan fingerprint density at radius 2 is 1.74 bits per heavy atom. The Balaban J connectivity index is 1.60. The number of carbonyl (C=O) groups excluding carboxylic acids is 1. The third-order valence-electron chi connectivity index (χ3n) is 4.52. The molecule has 0 radical (unpaired) electrons. The number of nitrogens with one attached hydrogen (secondary N) is 1. The van der Waals surface area contributed by atoms with Gasteiger partial charge in [0.15, 0.2) is 0 Å². The highest BCUT2D eigenvalue weighted by molar-refractivity contribution is 7.99. The SMILES string of the molecule is CCSc1cc(CC(=O)OCc2ccccc2)cc2[nH]c3ccccc3c12. The van der Waals surface area contributed by atoms with Crippen molar-refractivity contribution in [3.8, 4) is 0 Å². The maximum Gasteiger partial charge on any atom is 0.310 e. The summed E-state index contributed by atoms with van der Waals surface area (Å²) < 4.78 is 5.45. The van der Waals surface area contributed by atoms with E-state index in [1.54, 1.807) is 11.8 Å². The average molecular weight is 375 g/mol. The predicted octanol–water partition coefficient (Wildman–Crippen LogP) is 5.72. The van der Waals surface area contributed by atoms with Crippen LogP contribution in [0.5, 0.6) is 0 Å². The van der Waals surface area contributed by atoms with E-state index in [0.29, 0.717) is 6.61 Å². The number of H-pyrrole nitrogens is 1. The lowest BCUT2D eigenvalue weighted by Gasteiger charge is -2.08. The lowest BCUT2D eigenvalue weighted by molar-refractivity contribution is -0.144. The molecule has 1 heterocycles. The molecule has 1 aromatic heterocycles. The van der Waals surface area contributed by atoms with Crippen LogP contribution in [0, 0.1) is 0 Å². The predicted molar refractivity (Wildman–Crippen MR) is 112 cm³/mol. The highest BCUT2D eigenvalue weighted by Gasteiger charge is 2.13. The summed E-state index contributed by atoms with van der Waals surface area (Å²) in [5, 5.41) is 2.46. The minimum Gasteiger partial charge on any atom is -0.461 e. The standard InChI is InChI=1S/C23H21NO2S/c1-2-27-21-13-17(14-22(25)26-15-16-8-4-3-5-9-16)12-20-23(21)18-10-6-7-11-19(18)24-20/h3-13,24H,2,14-15H2,1H3. The van der Waals surface area contributed by atoms with E-state index in [2.05, 4.69) is 42.2 Å². The van der Waals surface area contributed by atoms with Crippen LogP contribution in [0.15, 0.2) is 71.6 Å². The summed E-state index contributed by atoms with van der Waals surface area (Å²) >= 11 is 1.80. The van der Waals surface area contributed by atoms with Gasteiger partial charge in [-0.1, -0.05) is 55.5 Å². The van der Waals surface area contributed by atoms with E-state index < -0.39 is 0 Å². The van der Waals surface area contributed by atoms with Gasteiger partial charge in [-0.05, 0) is 35.1 Å². The van der Waals surface area contributed by atoms with Crippen LogP contribution in [0.1, 0.15) is 18.1 Å². The van der Waals surface area contributed by atoms with E-state index in [-0.39, 0.29) is 12.4 Å². The number of rotatable bonds is 6. The van der Waals surface area contributed by atoms with Crippen molar-refractivity contribution in [1.82, 2.24) is 4.98 Å². The molecule has 0 aliphatic carbocycles. The fourth-order valence-corrected chi connectivity index (χ4v) is 4.24. The summed E-state index contributed by atoms with van der Waals surface area (Å²) in [5.41, 5.74) is 4.16. The number of hydrogen-bond acceptors (Lipinski definition) is 3. The van der Waals surface area contributed by atoms with E-state index in [0.717, 1.165) is 27.9 Å². The van der Waals surface area contributed by atoms with Gasteiger partial charge < -0.3 is 9.72 Å². The van der Waals surface area contributed by atoms with Gasteiger partial charge in [-0.3, -0.25) is 4.79 Å². The third-order valence-corrected chi connectivity index (χ3v) is 5.44. The Morgan fingerprint density at radius 3 is 2.56 bits per heavy atom. The molecule has 0 aliphatic rings. The van der Waals surface area contributed by atoms with Crippen molar-refractivity contribution in [2.24, 2.45) is 0 Å². The number of aromatic amines is 1. The van der Waals surface area contributed by atoms with Crippen LogP contribution in [0.3, 0.4) is 0 Å². The number of ether oxygens (including phenoxy) is 1. The number of aromatic nitrogens is 1. The molecule has 0 amide bonds. The molecule has 0 bridgehead atoms. The molecule has 3 nitrogen and oxygen atoms in total. The molecule has 0 unspecified atom stereocenters. The first-order chi connectivity index (χ1) is 13.2. The smallest absolute Gasteiger partial charge is 0.310 e. The Morgan fingerprint density at radius 1 is 0.963 bits per heavy atom. The fourth-order valence-electron chi connectivity index (χ4n) is 3.33. The first-order valence-electron chi connectivity index (χ1n) is 9.10. The van der Waals surface area contributed by atoms with Crippen molar-refractivity contribution in [3.05, 3.63) is 77.9 Å². The molecule has 4 heteroatoms. The molecule has 0 saturated heterocycles. The molecule has 0 saturated carbocycles. The van der Waals surface area contributed by atoms with Crippen molar-refractivity contribution in [3.63, 3.8) is 0 Å². The number of hydrogen-bond donors (Lipinski definition) is 1. The van der Waals surface area contributed by atoms with E-state index in [1.807, 2.05) is 36.4 Å². The van der Waals surface area contributed by atoms with Crippen molar-refractivity contribution in [2.75, 3.05) is 5.75 Å². The lowest BCUT2D eigenvalue weighted by Crippen LogP contribution is -2.08. The molecule has 1 N–H and O–H groups in total. The molecule has 4 aromatic rings. The second-order valence-electron chi connectivity index (χ2n) is 6.44. The first kappa shape index (κ1) is 17.7. The topological polar surface area (TPSA) is 42.1 Å². The van der Waals surface area contributed by atoms with Crippen molar-refractivity contribution < 1.29 is 9.53 Å². The maximum absolute atomic E-state index is 12.3. The van der Waals surface area contributed by atoms with Crippen molar-refractivity contribution in [2.45, 2.75) is 24.8 Å². The number of para-hydroxylation sites is 1. The summed E-state index contributed by atoms with van der Waals surface area (Å²) in [6.07, 6.45) is 0.273. The van der Waals surface area contributed by atoms with E-state index in [9.17, 15) is 4.79 Å². The molecule has 0 aliphatic heterocycles. The van der Waals surface area contributed by atoms with Gasteiger partial charge in [0.05, 0.1) is 6.42 Å². The fraction of sp³-hybridized carbons (Fsp3) is 0.174. The molecular weight excluding hydrogens is 354 g/mol. The van der Waals surface area contributed by atoms with Gasteiger partial charge in [0.25, 0.3) is 0 Å². The van der Waals surface area contributed by atoms with E-state index in [1.165, 1.54) is 15.7 Å². The molecule has 0 spiro atoms. The maximum atomic E-state index is 12.3. The summed E-state index contributed by atoms with van der Waals surface area (Å²) in [5.74, 6) is 0.776. The van der Waals surface area contributed by atoms with Crippen LogP contribution in [-0.4, -0.2) is 16.7 Å². The van der Waals surface area contributed by atoms with Crippen LogP contribution >= 0.6 is 11.8 Å². The second kappa shape index (κ2) is 7.89. The summed E-state index contributed by atoms with van der Waals surface area (Å²) in [6, 6.07) is 22.3. The number of carbonyl (C=O) groups is 1. The zero-order valence-corrected chi connectivity index (χ0v) is 16.0. The quantitative estimate of drug-likeness (QED) is 0.346. The molecule has 4 rings (SSSR count). The lowest BCUT2D eigenvalue weighted by atomic mass is 10.1. The molecular formula is C23H21NO2S. The summed E-state index contributed by atoms with van der Waals surface area (Å²) in [6.45, 7) is 2.46. The van der Waals surface area contributed by atoms with Crippen LogP contribution in [-0.2, 0) is 22.6 Å². The minimum atomic E-state index is -0.207. The van der Waals surface area contributed by atoms with Crippen LogP contribution in [0.4, 0.5) is 0 Å². The number of esters is 1. The van der Waals surface area contributed by atoms with Gasteiger partial charge in [0, 0.05) is 26.7 Å². The largest absolute Gasteiger partial charge is 0.461 e. The minimum absolute atomic E-state index is 0.207. The van der Waals surface area contributed by atoms with Gasteiger partial charge in [0.2, 0.25) is 0 Å². The monoisotopic (exact) mass is 375 g/mol. The Hall–Kier alpha value is -2.72. The van der Waals surface area contributed by atoms with Gasteiger partial charge in [-0.25, -0.2) is 0 Å². The number of thioether (sulfide) groups is 1. The van der Waals surface area contributed by atoms with Gasteiger partial charge >= 0.3 is 5.97 Å². The first-order valence-corrected chi connectivity index (χ1v) is 10.1. The molecule has 136 valence electrons. The van der Waals surface area contributed by atoms with Crippen molar-refractivity contribution >= 4 is 39.5 Å². The number of fused-ring (bicyclic) bond motifs is 3. The van der Waals surface area contributed by atoms with Gasteiger partial charge in [-0.15, -0.1) is 11.8 Å².